The normalized spacial score (nSPS) is 10.3. The quantitative estimate of drug-likeness (QED) is 0.912. The second kappa shape index (κ2) is 6.34. The number of hydrogen-bond donors (Lipinski definition) is 2. The van der Waals surface area contributed by atoms with Gasteiger partial charge in [-0.3, -0.25) is 4.79 Å². The summed E-state index contributed by atoms with van der Waals surface area (Å²) in [5.74, 6) is -3.54. The molecule has 0 aliphatic heterocycles. The number of amides is 1. The van der Waals surface area contributed by atoms with Gasteiger partial charge in [0.25, 0.3) is 5.91 Å². The molecule has 0 fully saturated rings. The fourth-order valence-electron chi connectivity index (χ4n) is 2.00. The third kappa shape index (κ3) is 3.11. The fourth-order valence-corrected chi connectivity index (χ4v) is 2.00. The molecule has 0 saturated heterocycles. The highest BCUT2D eigenvalue weighted by Gasteiger charge is 2.14. The first-order valence-corrected chi connectivity index (χ1v) is 6.55. The standard InChI is InChI=1S/C16H13F2NO3/c1-2-19-15(20)11-5-3-9(7-13(11)17)10-4-6-12(16(21)22)14(18)8-10/h3-8H,2H2,1H3,(H,19,20)(H,21,22). The minimum absolute atomic E-state index is 0.103. The van der Waals surface area contributed by atoms with Gasteiger partial charge >= 0.3 is 5.97 Å². The van der Waals surface area contributed by atoms with E-state index in [4.69, 9.17) is 5.11 Å². The predicted octanol–water partition coefficient (Wildman–Crippen LogP) is 3.08. The first-order valence-electron chi connectivity index (χ1n) is 6.55. The van der Waals surface area contributed by atoms with E-state index in [0.717, 1.165) is 18.2 Å². The lowest BCUT2D eigenvalue weighted by Gasteiger charge is -2.07. The van der Waals surface area contributed by atoms with Gasteiger partial charge in [0.15, 0.2) is 0 Å². The largest absolute Gasteiger partial charge is 0.478 e. The van der Waals surface area contributed by atoms with Crippen LogP contribution in [0, 0.1) is 11.6 Å². The Kier molecular flexibility index (Phi) is 4.50. The van der Waals surface area contributed by atoms with Gasteiger partial charge in [0, 0.05) is 6.54 Å². The fraction of sp³-hybridized carbons (Fsp3) is 0.125. The van der Waals surface area contributed by atoms with Crippen molar-refractivity contribution >= 4 is 11.9 Å². The lowest BCUT2D eigenvalue weighted by atomic mass is 10.0. The molecule has 6 heteroatoms. The number of halogens is 2. The van der Waals surface area contributed by atoms with E-state index in [1.807, 2.05) is 0 Å². The van der Waals surface area contributed by atoms with Crippen molar-refractivity contribution < 1.29 is 23.5 Å². The second-order valence-electron chi connectivity index (χ2n) is 4.55. The lowest BCUT2D eigenvalue weighted by Crippen LogP contribution is -2.23. The van der Waals surface area contributed by atoms with Gasteiger partial charge in [-0.25, -0.2) is 13.6 Å². The molecule has 0 bridgehead atoms. The van der Waals surface area contributed by atoms with E-state index in [0.29, 0.717) is 17.7 Å². The third-order valence-corrected chi connectivity index (χ3v) is 3.08. The van der Waals surface area contributed by atoms with Crippen LogP contribution in [-0.4, -0.2) is 23.5 Å². The Morgan fingerprint density at radius 1 is 1.00 bits per heavy atom. The molecule has 0 unspecified atom stereocenters. The van der Waals surface area contributed by atoms with E-state index in [9.17, 15) is 18.4 Å². The zero-order chi connectivity index (χ0) is 16.3. The molecule has 2 aromatic rings. The van der Waals surface area contributed by atoms with Gasteiger partial charge in [0.05, 0.1) is 11.1 Å². The zero-order valence-electron chi connectivity index (χ0n) is 11.7. The number of carbonyl (C=O) groups excluding carboxylic acids is 1. The minimum atomic E-state index is -1.37. The molecule has 0 atom stereocenters. The van der Waals surface area contributed by atoms with Crippen LogP contribution in [0.3, 0.4) is 0 Å². The summed E-state index contributed by atoms with van der Waals surface area (Å²) in [4.78, 5) is 22.4. The average molecular weight is 305 g/mol. The number of nitrogens with one attached hydrogen (secondary N) is 1. The van der Waals surface area contributed by atoms with Crippen molar-refractivity contribution in [3.63, 3.8) is 0 Å². The molecule has 2 rings (SSSR count). The molecule has 0 aromatic heterocycles. The maximum Gasteiger partial charge on any atom is 0.338 e. The number of carboxylic acid groups (broad SMARTS) is 1. The number of hydrogen-bond acceptors (Lipinski definition) is 2. The Hall–Kier alpha value is -2.76. The van der Waals surface area contributed by atoms with Crippen LogP contribution < -0.4 is 5.32 Å². The van der Waals surface area contributed by atoms with Gasteiger partial charge in [-0.05, 0) is 42.3 Å². The first kappa shape index (κ1) is 15.6. The summed E-state index contributed by atoms with van der Waals surface area (Å²) in [7, 11) is 0. The van der Waals surface area contributed by atoms with Gasteiger partial charge < -0.3 is 10.4 Å². The van der Waals surface area contributed by atoms with Crippen molar-refractivity contribution in [3.05, 3.63) is 59.2 Å². The highest BCUT2D eigenvalue weighted by molar-refractivity contribution is 5.95. The molecule has 2 aromatic carbocycles. The number of rotatable bonds is 4. The van der Waals surface area contributed by atoms with Gasteiger partial charge in [0.1, 0.15) is 11.6 Å². The molecule has 0 radical (unpaired) electrons. The van der Waals surface area contributed by atoms with Gasteiger partial charge in [-0.15, -0.1) is 0 Å². The Morgan fingerprint density at radius 2 is 1.50 bits per heavy atom. The molecule has 0 aliphatic rings. The average Bonchev–Trinajstić information content (AvgIpc) is 2.46. The van der Waals surface area contributed by atoms with E-state index in [2.05, 4.69) is 5.32 Å². The summed E-state index contributed by atoms with van der Waals surface area (Å²) in [5.41, 5.74) is 0.113. The molecular formula is C16H13F2NO3. The predicted molar refractivity (Wildman–Crippen MR) is 76.8 cm³/mol. The molecule has 22 heavy (non-hydrogen) atoms. The third-order valence-electron chi connectivity index (χ3n) is 3.08. The Morgan fingerprint density at radius 3 is 1.91 bits per heavy atom. The molecule has 0 saturated carbocycles. The maximum absolute atomic E-state index is 14.0. The van der Waals surface area contributed by atoms with Crippen LogP contribution in [-0.2, 0) is 0 Å². The van der Waals surface area contributed by atoms with E-state index < -0.39 is 29.1 Å². The number of aromatic carboxylic acids is 1. The summed E-state index contributed by atoms with van der Waals surface area (Å²) < 4.78 is 27.6. The minimum Gasteiger partial charge on any atom is -0.478 e. The van der Waals surface area contributed by atoms with E-state index in [1.165, 1.54) is 18.2 Å². The van der Waals surface area contributed by atoms with Crippen LogP contribution in [0.4, 0.5) is 8.78 Å². The van der Waals surface area contributed by atoms with Gasteiger partial charge in [-0.2, -0.15) is 0 Å². The summed E-state index contributed by atoms with van der Waals surface area (Å²) >= 11 is 0. The maximum atomic E-state index is 14.0. The summed E-state index contributed by atoms with van der Waals surface area (Å²) in [6.45, 7) is 2.10. The Bertz CT molecular complexity index is 744. The highest BCUT2D eigenvalue weighted by atomic mass is 19.1. The van der Waals surface area contributed by atoms with E-state index >= 15 is 0 Å². The van der Waals surface area contributed by atoms with Crippen LogP contribution >= 0.6 is 0 Å². The van der Waals surface area contributed by atoms with Crippen molar-refractivity contribution in [3.8, 4) is 11.1 Å². The lowest BCUT2D eigenvalue weighted by molar-refractivity contribution is 0.0691. The molecule has 0 spiro atoms. The van der Waals surface area contributed by atoms with Crippen LogP contribution in [0.2, 0.25) is 0 Å². The molecule has 114 valence electrons. The summed E-state index contributed by atoms with van der Waals surface area (Å²) in [6.07, 6.45) is 0. The van der Waals surface area contributed by atoms with Crippen LogP contribution in [0.5, 0.6) is 0 Å². The number of carbonyl (C=O) groups is 2. The monoisotopic (exact) mass is 305 g/mol. The molecular weight excluding hydrogens is 292 g/mol. The molecule has 1 amide bonds. The van der Waals surface area contributed by atoms with E-state index in [1.54, 1.807) is 6.92 Å². The smallest absolute Gasteiger partial charge is 0.338 e. The first-order chi connectivity index (χ1) is 10.4. The molecule has 0 aliphatic carbocycles. The van der Waals surface area contributed by atoms with Crippen LogP contribution in [0.25, 0.3) is 11.1 Å². The van der Waals surface area contributed by atoms with Gasteiger partial charge in [-0.1, -0.05) is 12.1 Å². The second-order valence-corrected chi connectivity index (χ2v) is 4.55. The number of benzene rings is 2. The van der Waals surface area contributed by atoms with E-state index in [-0.39, 0.29) is 5.56 Å². The van der Waals surface area contributed by atoms with Gasteiger partial charge in [0.2, 0.25) is 0 Å². The van der Waals surface area contributed by atoms with Crippen molar-refractivity contribution in [2.75, 3.05) is 6.54 Å². The number of carboxylic acids is 1. The SMILES string of the molecule is CCNC(=O)c1ccc(-c2ccc(C(=O)O)c(F)c2)cc1F. The zero-order valence-corrected chi connectivity index (χ0v) is 11.7. The molecule has 2 N–H and O–H groups in total. The summed E-state index contributed by atoms with van der Waals surface area (Å²) in [6, 6.07) is 7.40. The van der Waals surface area contributed by atoms with Crippen LogP contribution in [0.15, 0.2) is 36.4 Å². The summed E-state index contributed by atoms with van der Waals surface area (Å²) in [5, 5.41) is 11.3. The Balaban J connectivity index is 2.38. The van der Waals surface area contributed by atoms with Crippen molar-refractivity contribution in [2.24, 2.45) is 0 Å². The topological polar surface area (TPSA) is 66.4 Å². The van der Waals surface area contributed by atoms with Crippen molar-refractivity contribution in [1.82, 2.24) is 5.32 Å². The van der Waals surface area contributed by atoms with Crippen molar-refractivity contribution in [1.29, 1.82) is 0 Å². The van der Waals surface area contributed by atoms with Crippen molar-refractivity contribution in [2.45, 2.75) is 6.92 Å². The molecule has 0 heterocycles. The Labute approximate surface area is 125 Å². The van der Waals surface area contributed by atoms with Crippen LogP contribution in [0.1, 0.15) is 27.6 Å². The molecule has 4 nitrogen and oxygen atoms in total. The highest BCUT2D eigenvalue weighted by Crippen LogP contribution is 2.24.